The third kappa shape index (κ3) is 2.17. The summed E-state index contributed by atoms with van der Waals surface area (Å²) in [4.78, 5) is 2.37. The largest absolute Gasteiger partial charge is 0.314 e. The third-order valence-corrected chi connectivity index (χ3v) is 2.00. The zero-order valence-electron chi connectivity index (χ0n) is 6.92. The SMILES string of the molecule is C=CCN(CC=C)C1CNC1. The molecule has 2 heteroatoms. The van der Waals surface area contributed by atoms with E-state index in [0.29, 0.717) is 6.04 Å². The molecule has 0 radical (unpaired) electrons. The van der Waals surface area contributed by atoms with Crippen molar-refractivity contribution >= 4 is 0 Å². The maximum Gasteiger partial charge on any atom is 0.0351 e. The summed E-state index contributed by atoms with van der Waals surface area (Å²) in [5.74, 6) is 0. The zero-order valence-corrected chi connectivity index (χ0v) is 6.92. The molecule has 1 aliphatic rings. The molecule has 0 spiro atoms. The van der Waals surface area contributed by atoms with Gasteiger partial charge < -0.3 is 5.32 Å². The van der Waals surface area contributed by atoms with Gasteiger partial charge in [-0.2, -0.15) is 0 Å². The zero-order chi connectivity index (χ0) is 8.10. The number of nitrogens with zero attached hydrogens (tertiary/aromatic N) is 1. The lowest BCUT2D eigenvalue weighted by atomic mass is 10.1. The van der Waals surface area contributed by atoms with E-state index in [1.165, 1.54) is 0 Å². The maximum absolute atomic E-state index is 3.73. The van der Waals surface area contributed by atoms with E-state index in [1.54, 1.807) is 0 Å². The Bertz CT molecular complexity index is 128. The third-order valence-electron chi connectivity index (χ3n) is 2.00. The number of hydrogen-bond donors (Lipinski definition) is 1. The fourth-order valence-corrected chi connectivity index (χ4v) is 1.24. The van der Waals surface area contributed by atoms with Crippen molar-refractivity contribution in [1.29, 1.82) is 0 Å². The Morgan fingerprint density at radius 3 is 2.09 bits per heavy atom. The van der Waals surface area contributed by atoms with Crippen molar-refractivity contribution in [1.82, 2.24) is 10.2 Å². The summed E-state index contributed by atoms with van der Waals surface area (Å²) in [7, 11) is 0. The van der Waals surface area contributed by atoms with Crippen LogP contribution in [0.25, 0.3) is 0 Å². The van der Waals surface area contributed by atoms with Crippen LogP contribution in [0, 0.1) is 0 Å². The summed E-state index contributed by atoms with van der Waals surface area (Å²) in [5, 5.41) is 3.25. The molecule has 0 atom stereocenters. The van der Waals surface area contributed by atoms with Crippen molar-refractivity contribution in [3.8, 4) is 0 Å². The molecular formula is C9H16N2. The van der Waals surface area contributed by atoms with E-state index in [4.69, 9.17) is 0 Å². The second-order valence-electron chi connectivity index (χ2n) is 2.84. The fraction of sp³-hybridized carbons (Fsp3) is 0.556. The molecule has 0 amide bonds. The Hall–Kier alpha value is -0.600. The molecule has 1 heterocycles. The Morgan fingerprint density at radius 2 is 1.82 bits per heavy atom. The van der Waals surface area contributed by atoms with Crippen LogP contribution in [0.4, 0.5) is 0 Å². The molecule has 0 aliphatic carbocycles. The van der Waals surface area contributed by atoms with Crippen LogP contribution in [0.2, 0.25) is 0 Å². The van der Waals surface area contributed by atoms with E-state index >= 15 is 0 Å². The summed E-state index contributed by atoms with van der Waals surface area (Å²) >= 11 is 0. The standard InChI is InChI=1S/C9H16N2/c1-3-5-11(6-4-2)9-7-10-8-9/h3-4,9-10H,1-2,5-8H2. The monoisotopic (exact) mass is 152 g/mol. The Morgan fingerprint density at radius 1 is 1.27 bits per heavy atom. The number of hydrogen-bond acceptors (Lipinski definition) is 2. The smallest absolute Gasteiger partial charge is 0.0351 e. The van der Waals surface area contributed by atoms with Crippen molar-refractivity contribution in [2.75, 3.05) is 26.2 Å². The lowest BCUT2D eigenvalue weighted by Crippen LogP contribution is -2.57. The first-order valence-corrected chi connectivity index (χ1v) is 4.05. The predicted octanol–water partition coefficient (Wildman–Crippen LogP) is 0.632. The molecule has 0 bridgehead atoms. The van der Waals surface area contributed by atoms with Crippen LogP contribution >= 0.6 is 0 Å². The molecule has 0 aromatic rings. The molecule has 0 aromatic heterocycles. The second-order valence-corrected chi connectivity index (χ2v) is 2.84. The highest BCUT2D eigenvalue weighted by Crippen LogP contribution is 2.03. The van der Waals surface area contributed by atoms with Crippen molar-refractivity contribution in [3.05, 3.63) is 25.3 Å². The summed E-state index contributed by atoms with van der Waals surface area (Å²) < 4.78 is 0. The summed E-state index contributed by atoms with van der Waals surface area (Å²) in [6.07, 6.45) is 3.89. The molecule has 1 N–H and O–H groups in total. The fourth-order valence-electron chi connectivity index (χ4n) is 1.24. The quantitative estimate of drug-likeness (QED) is 0.581. The van der Waals surface area contributed by atoms with Gasteiger partial charge in [-0.1, -0.05) is 12.2 Å². The van der Waals surface area contributed by atoms with Gasteiger partial charge >= 0.3 is 0 Å². The molecule has 1 saturated heterocycles. The summed E-state index contributed by atoms with van der Waals surface area (Å²) in [6.45, 7) is 11.6. The van der Waals surface area contributed by atoms with E-state index in [2.05, 4.69) is 23.4 Å². The van der Waals surface area contributed by atoms with Crippen molar-refractivity contribution in [2.24, 2.45) is 0 Å². The molecule has 11 heavy (non-hydrogen) atoms. The highest BCUT2D eigenvalue weighted by Gasteiger charge is 2.21. The van der Waals surface area contributed by atoms with E-state index in [1.807, 2.05) is 12.2 Å². The Kier molecular flexibility index (Phi) is 3.33. The van der Waals surface area contributed by atoms with Gasteiger partial charge in [0.05, 0.1) is 0 Å². The molecule has 2 nitrogen and oxygen atoms in total. The van der Waals surface area contributed by atoms with E-state index < -0.39 is 0 Å². The minimum Gasteiger partial charge on any atom is -0.314 e. The summed E-state index contributed by atoms with van der Waals surface area (Å²) in [5.41, 5.74) is 0. The average molecular weight is 152 g/mol. The van der Waals surface area contributed by atoms with Gasteiger partial charge in [-0.15, -0.1) is 13.2 Å². The van der Waals surface area contributed by atoms with Gasteiger partial charge in [-0.05, 0) is 0 Å². The molecule has 0 unspecified atom stereocenters. The van der Waals surface area contributed by atoms with Gasteiger partial charge in [0.15, 0.2) is 0 Å². The normalized spacial score (nSPS) is 17.9. The Labute approximate surface area is 68.6 Å². The van der Waals surface area contributed by atoms with Crippen LogP contribution in [-0.2, 0) is 0 Å². The highest BCUT2D eigenvalue weighted by atomic mass is 15.2. The molecule has 1 rings (SSSR count). The first kappa shape index (κ1) is 8.50. The first-order chi connectivity index (χ1) is 5.38. The van der Waals surface area contributed by atoms with Gasteiger partial charge in [0, 0.05) is 32.2 Å². The second kappa shape index (κ2) is 4.31. The molecule has 1 fully saturated rings. The number of rotatable bonds is 5. The van der Waals surface area contributed by atoms with Gasteiger partial charge in [0.1, 0.15) is 0 Å². The van der Waals surface area contributed by atoms with Gasteiger partial charge in [-0.3, -0.25) is 4.90 Å². The molecule has 0 aromatic carbocycles. The van der Waals surface area contributed by atoms with Crippen LogP contribution in [0.3, 0.4) is 0 Å². The van der Waals surface area contributed by atoms with Gasteiger partial charge in [0.25, 0.3) is 0 Å². The van der Waals surface area contributed by atoms with Crippen LogP contribution in [0.15, 0.2) is 25.3 Å². The van der Waals surface area contributed by atoms with Crippen molar-refractivity contribution in [2.45, 2.75) is 6.04 Å². The van der Waals surface area contributed by atoms with Crippen LogP contribution in [-0.4, -0.2) is 37.1 Å². The highest BCUT2D eigenvalue weighted by molar-refractivity contribution is 4.90. The average Bonchev–Trinajstić information content (AvgIpc) is 1.85. The van der Waals surface area contributed by atoms with E-state index in [0.717, 1.165) is 26.2 Å². The minimum atomic E-state index is 0.700. The molecular weight excluding hydrogens is 136 g/mol. The van der Waals surface area contributed by atoms with Crippen LogP contribution < -0.4 is 5.32 Å². The van der Waals surface area contributed by atoms with Crippen molar-refractivity contribution < 1.29 is 0 Å². The van der Waals surface area contributed by atoms with Gasteiger partial charge in [-0.25, -0.2) is 0 Å². The minimum absolute atomic E-state index is 0.700. The van der Waals surface area contributed by atoms with E-state index in [-0.39, 0.29) is 0 Å². The Balaban J connectivity index is 2.29. The predicted molar refractivity (Wildman–Crippen MR) is 48.6 cm³/mol. The van der Waals surface area contributed by atoms with Crippen LogP contribution in [0.5, 0.6) is 0 Å². The first-order valence-electron chi connectivity index (χ1n) is 4.05. The number of nitrogens with one attached hydrogen (secondary N) is 1. The van der Waals surface area contributed by atoms with Crippen LogP contribution in [0.1, 0.15) is 0 Å². The van der Waals surface area contributed by atoms with Crippen molar-refractivity contribution in [3.63, 3.8) is 0 Å². The van der Waals surface area contributed by atoms with E-state index in [9.17, 15) is 0 Å². The van der Waals surface area contributed by atoms with Gasteiger partial charge in [0.2, 0.25) is 0 Å². The lowest BCUT2D eigenvalue weighted by molar-refractivity contribution is 0.178. The topological polar surface area (TPSA) is 15.3 Å². The molecule has 1 aliphatic heterocycles. The summed E-state index contributed by atoms with van der Waals surface area (Å²) in [6, 6.07) is 0.700. The molecule has 0 saturated carbocycles. The lowest BCUT2D eigenvalue weighted by Gasteiger charge is -2.37. The molecule has 62 valence electrons. The maximum atomic E-state index is 3.73.